The van der Waals surface area contributed by atoms with Gasteiger partial charge in [-0.3, -0.25) is 14.5 Å². The zero-order valence-electron chi connectivity index (χ0n) is 14.6. The van der Waals surface area contributed by atoms with E-state index in [4.69, 9.17) is 4.74 Å². The average molecular weight is 379 g/mol. The summed E-state index contributed by atoms with van der Waals surface area (Å²) in [4.78, 5) is 28.4. The van der Waals surface area contributed by atoms with Gasteiger partial charge in [0, 0.05) is 11.6 Å². The van der Waals surface area contributed by atoms with E-state index in [0.717, 1.165) is 12.8 Å². The quantitative estimate of drug-likeness (QED) is 0.702. The Morgan fingerprint density at radius 1 is 1.31 bits per heavy atom. The molecule has 0 saturated heterocycles. The van der Waals surface area contributed by atoms with E-state index in [1.54, 1.807) is 32.0 Å². The Balaban J connectivity index is 1.75. The minimum absolute atomic E-state index is 0.110. The number of fused-ring (bicyclic) bond motifs is 1. The first-order chi connectivity index (χ1) is 12.3. The van der Waals surface area contributed by atoms with Crippen LogP contribution in [-0.4, -0.2) is 44.8 Å². The molecule has 1 aliphatic carbocycles. The maximum Gasteiger partial charge on any atom is 0.331 e. The zero-order chi connectivity index (χ0) is 18.9. The Labute approximate surface area is 152 Å². The minimum atomic E-state index is -3.68. The van der Waals surface area contributed by atoms with Crippen molar-refractivity contribution in [2.24, 2.45) is 10.9 Å². The second kappa shape index (κ2) is 7.06. The molecule has 8 nitrogen and oxygen atoms in total. The molecule has 3 rings (SSSR count). The number of carbonyl (C=O) groups excluding carboxylic acids is 2. The van der Waals surface area contributed by atoms with Crippen LogP contribution in [0.1, 0.15) is 32.3 Å². The van der Waals surface area contributed by atoms with Crippen LogP contribution in [0.2, 0.25) is 0 Å². The number of rotatable bonds is 6. The Morgan fingerprint density at radius 3 is 2.65 bits per heavy atom. The number of nitrogens with one attached hydrogen (secondary N) is 2. The van der Waals surface area contributed by atoms with Gasteiger partial charge in [0.2, 0.25) is 0 Å². The summed E-state index contributed by atoms with van der Waals surface area (Å²) < 4.78 is 31.7. The molecule has 1 atom stereocenters. The molecule has 140 valence electrons. The molecule has 2 N–H and O–H groups in total. The summed E-state index contributed by atoms with van der Waals surface area (Å²) >= 11 is 0. The maximum atomic E-state index is 12.4. The molecule has 1 aromatic carbocycles. The minimum Gasteiger partial charge on any atom is -0.454 e. The average Bonchev–Trinajstić information content (AvgIpc) is 3.35. The van der Waals surface area contributed by atoms with E-state index in [-0.39, 0.29) is 35.2 Å². The van der Waals surface area contributed by atoms with Crippen LogP contribution in [0.25, 0.3) is 0 Å². The van der Waals surface area contributed by atoms with Crippen molar-refractivity contribution < 1.29 is 22.7 Å². The molecule has 1 heterocycles. The second-order valence-electron chi connectivity index (χ2n) is 6.72. The van der Waals surface area contributed by atoms with Crippen molar-refractivity contribution >= 4 is 27.7 Å². The molecule has 1 aliphatic heterocycles. The molecule has 1 fully saturated rings. The van der Waals surface area contributed by atoms with Crippen molar-refractivity contribution in [2.45, 2.75) is 43.7 Å². The first kappa shape index (κ1) is 18.4. The zero-order valence-corrected chi connectivity index (χ0v) is 15.4. The highest BCUT2D eigenvalue weighted by molar-refractivity contribution is 7.90. The number of carbonyl (C=O) groups is 2. The number of hydrogen-bond acceptors (Lipinski definition) is 6. The number of amidine groups is 1. The summed E-state index contributed by atoms with van der Waals surface area (Å²) in [6.45, 7) is 3.18. The van der Waals surface area contributed by atoms with Gasteiger partial charge in [-0.25, -0.2) is 13.2 Å². The third-order valence-corrected chi connectivity index (χ3v) is 5.49. The van der Waals surface area contributed by atoms with Gasteiger partial charge in [0.15, 0.2) is 12.6 Å². The first-order valence-corrected chi connectivity index (χ1v) is 9.92. The van der Waals surface area contributed by atoms with E-state index in [9.17, 15) is 18.0 Å². The van der Waals surface area contributed by atoms with Gasteiger partial charge in [0.25, 0.3) is 15.9 Å². The van der Waals surface area contributed by atoms with E-state index in [1.165, 1.54) is 6.07 Å². The molecule has 2 aliphatic rings. The number of nitrogens with zero attached hydrogens (tertiary/aromatic N) is 1. The van der Waals surface area contributed by atoms with E-state index in [2.05, 4.69) is 15.0 Å². The Hall–Kier alpha value is -2.42. The fourth-order valence-corrected chi connectivity index (χ4v) is 3.80. The number of aliphatic imine (C=N–C) groups is 1. The number of hydrogen-bond donors (Lipinski definition) is 2. The van der Waals surface area contributed by atoms with Crippen LogP contribution >= 0.6 is 0 Å². The van der Waals surface area contributed by atoms with Gasteiger partial charge in [0.1, 0.15) is 5.84 Å². The smallest absolute Gasteiger partial charge is 0.331 e. The normalized spacial score (nSPS) is 20.3. The topological polar surface area (TPSA) is 114 Å². The summed E-state index contributed by atoms with van der Waals surface area (Å²) in [6.07, 6.45) is 1.89. The van der Waals surface area contributed by atoms with Gasteiger partial charge < -0.3 is 10.1 Å². The van der Waals surface area contributed by atoms with Crippen LogP contribution in [0.4, 0.5) is 0 Å². The lowest BCUT2D eigenvalue weighted by atomic mass is 10.1. The molecule has 0 unspecified atom stereocenters. The van der Waals surface area contributed by atoms with Gasteiger partial charge in [0.05, 0.1) is 4.90 Å². The Kier molecular flexibility index (Phi) is 4.99. The highest BCUT2D eigenvalue weighted by atomic mass is 32.2. The summed E-state index contributed by atoms with van der Waals surface area (Å²) in [6, 6.07) is 5.68. The van der Waals surface area contributed by atoms with Gasteiger partial charge in [-0.1, -0.05) is 26.0 Å². The van der Waals surface area contributed by atoms with Crippen molar-refractivity contribution in [3.05, 3.63) is 29.8 Å². The highest BCUT2D eigenvalue weighted by Crippen LogP contribution is 2.23. The summed E-state index contributed by atoms with van der Waals surface area (Å²) in [5.41, 5.74) is 0.414. The standard InChI is InChI=1S/C17H21N3O5S/c1-10(2)15(17(22)25-9-14(21)18-11-7-8-11)19-16-12-5-3-4-6-13(12)26(23,24)20-16/h3-6,10-11,15H,7-9H2,1-2H3,(H,18,21)(H,19,20)/t15-/m0/s1. The van der Waals surface area contributed by atoms with Crippen LogP contribution in [0.15, 0.2) is 34.2 Å². The first-order valence-electron chi connectivity index (χ1n) is 8.44. The molecule has 1 aromatic rings. The van der Waals surface area contributed by atoms with Crippen molar-refractivity contribution in [1.82, 2.24) is 10.0 Å². The lowest BCUT2D eigenvalue weighted by Gasteiger charge is -2.16. The number of benzene rings is 1. The monoisotopic (exact) mass is 379 g/mol. The van der Waals surface area contributed by atoms with Crippen molar-refractivity contribution in [2.75, 3.05) is 6.61 Å². The molecule has 0 spiro atoms. The number of esters is 1. The fourth-order valence-electron chi connectivity index (χ4n) is 2.56. The summed E-state index contributed by atoms with van der Waals surface area (Å²) in [5, 5.41) is 2.73. The molecule has 0 radical (unpaired) electrons. The number of amides is 1. The molecular formula is C17H21N3O5S. The SMILES string of the molecule is CC(C)[C@H](N=C1NS(=O)(=O)c2ccccc21)C(=O)OCC(=O)NC1CC1. The van der Waals surface area contributed by atoms with Gasteiger partial charge >= 0.3 is 5.97 Å². The second-order valence-corrected chi connectivity index (χ2v) is 8.37. The van der Waals surface area contributed by atoms with Gasteiger partial charge in [-0.2, -0.15) is 0 Å². The van der Waals surface area contributed by atoms with Gasteiger partial charge in [-0.05, 0) is 30.9 Å². The maximum absolute atomic E-state index is 12.4. The molecule has 0 bridgehead atoms. The molecule has 0 aromatic heterocycles. The van der Waals surface area contributed by atoms with Crippen LogP contribution < -0.4 is 10.0 Å². The predicted octanol–water partition coefficient (Wildman–Crippen LogP) is 0.571. The largest absolute Gasteiger partial charge is 0.454 e. The van der Waals surface area contributed by atoms with Gasteiger partial charge in [-0.15, -0.1) is 0 Å². The van der Waals surface area contributed by atoms with E-state index >= 15 is 0 Å². The number of ether oxygens (including phenoxy) is 1. The van der Waals surface area contributed by atoms with Crippen molar-refractivity contribution in [3.8, 4) is 0 Å². The van der Waals surface area contributed by atoms with Crippen LogP contribution in [0.3, 0.4) is 0 Å². The third kappa shape index (κ3) is 4.04. The molecule has 1 saturated carbocycles. The Morgan fingerprint density at radius 2 is 2.00 bits per heavy atom. The molecule has 26 heavy (non-hydrogen) atoms. The van der Waals surface area contributed by atoms with Crippen molar-refractivity contribution in [3.63, 3.8) is 0 Å². The summed E-state index contributed by atoms with van der Waals surface area (Å²) in [7, 11) is -3.68. The summed E-state index contributed by atoms with van der Waals surface area (Å²) in [5.74, 6) is -1.14. The number of sulfonamides is 1. The van der Waals surface area contributed by atoms with E-state index in [1.807, 2.05) is 0 Å². The van der Waals surface area contributed by atoms with E-state index in [0.29, 0.717) is 5.56 Å². The fraction of sp³-hybridized carbons (Fsp3) is 0.471. The highest BCUT2D eigenvalue weighted by Gasteiger charge is 2.33. The van der Waals surface area contributed by atoms with E-state index < -0.39 is 22.0 Å². The van der Waals surface area contributed by atoms with Crippen LogP contribution in [0, 0.1) is 5.92 Å². The Bertz CT molecular complexity index is 859. The van der Waals surface area contributed by atoms with Crippen LogP contribution in [-0.2, 0) is 24.3 Å². The third-order valence-electron chi connectivity index (χ3n) is 4.09. The molecular weight excluding hydrogens is 358 g/mol. The van der Waals surface area contributed by atoms with Crippen molar-refractivity contribution in [1.29, 1.82) is 0 Å². The lowest BCUT2D eigenvalue weighted by molar-refractivity contribution is -0.150. The lowest BCUT2D eigenvalue weighted by Crippen LogP contribution is -2.35. The molecule has 9 heteroatoms. The van der Waals surface area contributed by atoms with Crippen LogP contribution in [0.5, 0.6) is 0 Å². The predicted molar refractivity (Wildman–Crippen MR) is 94.1 cm³/mol. The molecule has 1 amide bonds.